The maximum atomic E-state index is 9.12. The number of nitrogens with zero attached hydrogens (tertiary/aromatic N) is 3. The maximum Gasteiger partial charge on any atom is 0.222 e. The largest absolute Gasteiger partial charge is 0.493 e. The van der Waals surface area contributed by atoms with Crippen molar-refractivity contribution >= 4 is 11.3 Å². The minimum atomic E-state index is 0.0444. The fraction of sp³-hybridized carbons (Fsp3) is 0.300. The van der Waals surface area contributed by atoms with Gasteiger partial charge in [-0.15, -0.1) is 11.3 Å². The van der Waals surface area contributed by atoms with Crippen LogP contribution in [-0.2, 0) is 0 Å². The number of thiazole rings is 1. The minimum Gasteiger partial charge on any atom is -0.493 e. The van der Waals surface area contributed by atoms with Gasteiger partial charge in [0.25, 0.3) is 0 Å². The van der Waals surface area contributed by atoms with Gasteiger partial charge in [0, 0.05) is 23.9 Å². The topological polar surface area (TPSA) is 58.9 Å². The molecule has 2 aromatic heterocycles. The summed E-state index contributed by atoms with van der Waals surface area (Å²) in [6, 6.07) is 0. The van der Waals surface area contributed by atoms with Crippen LogP contribution in [-0.4, -0.2) is 20.1 Å². The van der Waals surface area contributed by atoms with Gasteiger partial charge in [0.05, 0.1) is 5.38 Å². The third-order valence-corrected chi connectivity index (χ3v) is 2.81. The van der Waals surface area contributed by atoms with E-state index in [2.05, 4.69) is 15.0 Å². The Morgan fingerprint density at radius 2 is 1.93 bits per heavy atom. The monoisotopic (exact) mass is 221 g/mol. The lowest BCUT2D eigenvalue weighted by Crippen LogP contribution is -1.96. The fourth-order valence-electron chi connectivity index (χ4n) is 1.14. The van der Waals surface area contributed by atoms with Crippen molar-refractivity contribution in [3.63, 3.8) is 0 Å². The number of hydrogen-bond acceptors (Lipinski definition) is 5. The van der Waals surface area contributed by atoms with E-state index >= 15 is 0 Å². The molecule has 4 nitrogen and oxygen atoms in total. The van der Waals surface area contributed by atoms with Crippen molar-refractivity contribution in [2.24, 2.45) is 0 Å². The summed E-state index contributed by atoms with van der Waals surface area (Å²) < 4.78 is 0. The summed E-state index contributed by atoms with van der Waals surface area (Å²) in [5, 5.41) is 11.4. The summed E-state index contributed by atoms with van der Waals surface area (Å²) in [6.45, 7) is 4.09. The van der Waals surface area contributed by atoms with E-state index < -0.39 is 0 Å². The van der Waals surface area contributed by atoms with E-state index in [-0.39, 0.29) is 5.88 Å². The third kappa shape index (κ3) is 2.12. The number of hydrogen-bond donors (Lipinski definition) is 1. The smallest absolute Gasteiger partial charge is 0.222 e. The Morgan fingerprint density at radius 3 is 2.40 bits per heavy atom. The molecule has 0 unspecified atom stereocenters. The van der Waals surface area contributed by atoms with Gasteiger partial charge < -0.3 is 5.11 Å². The molecule has 0 amide bonds. The lowest BCUT2D eigenvalue weighted by Gasteiger charge is -2.02. The molecule has 0 saturated carbocycles. The molecule has 0 saturated heterocycles. The van der Waals surface area contributed by atoms with Gasteiger partial charge in [-0.3, -0.25) is 0 Å². The van der Waals surface area contributed by atoms with Crippen LogP contribution in [0.25, 0.3) is 10.6 Å². The first-order valence-corrected chi connectivity index (χ1v) is 5.51. The van der Waals surface area contributed by atoms with Gasteiger partial charge in [-0.25, -0.2) is 15.0 Å². The lowest BCUT2D eigenvalue weighted by molar-refractivity contribution is 0.458. The molecular formula is C10H11N3OS. The summed E-state index contributed by atoms with van der Waals surface area (Å²) in [5.41, 5.74) is 0.838. The van der Waals surface area contributed by atoms with Crippen molar-refractivity contribution in [1.82, 2.24) is 15.0 Å². The van der Waals surface area contributed by atoms with E-state index in [1.54, 1.807) is 17.8 Å². The van der Waals surface area contributed by atoms with Crippen molar-refractivity contribution < 1.29 is 5.11 Å². The van der Waals surface area contributed by atoms with Crippen LogP contribution in [0.5, 0.6) is 5.88 Å². The van der Waals surface area contributed by atoms with Crippen LogP contribution < -0.4 is 0 Å². The molecule has 0 bridgehead atoms. The van der Waals surface area contributed by atoms with Crippen LogP contribution in [0.4, 0.5) is 0 Å². The van der Waals surface area contributed by atoms with Crippen molar-refractivity contribution in [1.29, 1.82) is 0 Å². The molecule has 5 heteroatoms. The Labute approximate surface area is 91.7 Å². The lowest BCUT2D eigenvalue weighted by atomic mass is 10.2. The van der Waals surface area contributed by atoms with E-state index in [4.69, 9.17) is 5.11 Å². The van der Waals surface area contributed by atoms with Gasteiger partial charge in [-0.05, 0) is 0 Å². The Bertz CT molecular complexity index is 450. The van der Waals surface area contributed by atoms with Crippen LogP contribution in [0.2, 0.25) is 0 Å². The molecule has 78 valence electrons. The van der Waals surface area contributed by atoms with Crippen LogP contribution in [0.15, 0.2) is 17.8 Å². The normalized spacial score (nSPS) is 10.9. The third-order valence-electron chi connectivity index (χ3n) is 1.93. The van der Waals surface area contributed by atoms with Crippen LogP contribution in [0.3, 0.4) is 0 Å². The number of aromatic nitrogens is 3. The summed E-state index contributed by atoms with van der Waals surface area (Å²) in [6.07, 6.45) is 3.47. The molecule has 0 spiro atoms. The summed E-state index contributed by atoms with van der Waals surface area (Å²) in [4.78, 5) is 12.4. The Hall–Kier alpha value is -1.49. The predicted octanol–water partition coefficient (Wildman–Crippen LogP) is 2.43. The molecule has 0 aromatic carbocycles. The quantitative estimate of drug-likeness (QED) is 0.846. The van der Waals surface area contributed by atoms with Crippen molar-refractivity contribution in [2.75, 3.05) is 0 Å². The Balaban J connectivity index is 2.31. The first-order chi connectivity index (χ1) is 7.16. The second kappa shape index (κ2) is 3.94. The fourth-order valence-corrected chi connectivity index (χ4v) is 1.80. The maximum absolute atomic E-state index is 9.12. The van der Waals surface area contributed by atoms with Crippen molar-refractivity contribution in [3.8, 4) is 16.5 Å². The van der Waals surface area contributed by atoms with E-state index in [1.807, 2.05) is 13.8 Å². The molecule has 0 atom stereocenters. The van der Waals surface area contributed by atoms with E-state index in [1.165, 1.54) is 11.3 Å². The van der Waals surface area contributed by atoms with Crippen LogP contribution in [0.1, 0.15) is 25.6 Å². The average molecular weight is 221 g/mol. The molecular weight excluding hydrogens is 210 g/mol. The highest BCUT2D eigenvalue weighted by Gasteiger charge is 2.06. The van der Waals surface area contributed by atoms with Gasteiger partial charge in [0.1, 0.15) is 10.8 Å². The summed E-state index contributed by atoms with van der Waals surface area (Å²) in [5.74, 6) is 1.19. The summed E-state index contributed by atoms with van der Waals surface area (Å²) in [7, 11) is 0. The number of rotatable bonds is 2. The second-order valence-electron chi connectivity index (χ2n) is 3.50. The molecule has 2 heterocycles. The van der Waals surface area contributed by atoms with E-state index in [0.29, 0.717) is 5.92 Å². The van der Waals surface area contributed by atoms with E-state index in [0.717, 1.165) is 16.4 Å². The highest BCUT2D eigenvalue weighted by Crippen LogP contribution is 2.25. The van der Waals surface area contributed by atoms with Crippen molar-refractivity contribution in [2.45, 2.75) is 19.8 Å². The van der Waals surface area contributed by atoms with Crippen molar-refractivity contribution in [3.05, 3.63) is 23.6 Å². The SMILES string of the molecule is CC(C)c1ncc(-c2nc(O)cs2)cn1. The first kappa shape index (κ1) is 10.0. The molecule has 0 fully saturated rings. The molecule has 1 N–H and O–H groups in total. The minimum absolute atomic E-state index is 0.0444. The highest BCUT2D eigenvalue weighted by molar-refractivity contribution is 7.13. The molecule has 2 aromatic rings. The molecule has 0 radical (unpaired) electrons. The van der Waals surface area contributed by atoms with Gasteiger partial charge >= 0.3 is 0 Å². The molecule has 0 aliphatic heterocycles. The zero-order valence-corrected chi connectivity index (χ0v) is 9.32. The van der Waals surface area contributed by atoms with Gasteiger partial charge in [-0.2, -0.15) is 0 Å². The Morgan fingerprint density at radius 1 is 1.27 bits per heavy atom. The zero-order chi connectivity index (χ0) is 10.8. The zero-order valence-electron chi connectivity index (χ0n) is 8.51. The van der Waals surface area contributed by atoms with E-state index in [9.17, 15) is 0 Å². The first-order valence-electron chi connectivity index (χ1n) is 4.63. The van der Waals surface area contributed by atoms with Crippen LogP contribution in [0, 0.1) is 0 Å². The van der Waals surface area contributed by atoms with Crippen LogP contribution >= 0.6 is 11.3 Å². The predicted molar refractivity (Wildman–Crippen MR) is 58.9 cm³/mol. The molecule has 15 heavy (non-hydrogen) atoms. The second-order valence-corrected chi connectivity index (χ2v) is 4.35. The Kier molecular flexibility index (Phi) is 2.64. The van der Waals surface area contributed by atoms with Gasteiger partial charge in [-0.1, -0.05) is 13.8 Å². The standard InChI is InChI=1S/C10H11N3OS/c1-6(2)9-11-3-7(4-12-9)10-13-8(14)5-15-10/h3-6,14H,1-2H3. The average Bonchev–Trinajstić information content (AvgIpc) is 2.65. The highest BCUT2D eigenvalue weighted by atomic mass is 32.1. The van der Waals surface area contributed by atoms with Gasteiger partial charge in [0.2, 0.25) is 5.88 Å². The molecule has 2 rings (SSSR count). The molecule has 0 aliphatic rings. The van der Waals surface area contributed by atoms with Gasteiger partial charge in [0.15, 0.2) is 0 Å². The molecule has 0 aliphatic carbocycles. The summed E-state index contributed by atoms with van der Waals surface area (Å²) >= 11 is 1.38. The number of aromatic hydroxyl groups is 1.